The van der Waals surface area contributed by atoms with Gasteiger partial charge in [-0.3, -0.25) is 0 Å². The van der Waals surface area contributed by atoms with E-state index < -0.39 is 10.0 Å². The van der Waals surface area contributed by atoms with Crippen molar-refractivity contribution in [2.45, 2.75) is 31.6 Å². The molecule has 0 aliphatic carbocycles. The fourth-order valence-corrected chi connectivity index (χ4v) is 2.37. The summed E-state index contributed by atoms with van der Waals surface area (Å²) in [5.41, 5.74) is 5.37. The topological polar surface area (TPSA) is 85.8 Å². The number of likely N-dealkylation sites (N-methyl/N-ethyl adjacent to an activating group) is 1. The number of ether oxygens (including phenoxy) is 1. The molecule has 1 heterocycles. The zero-order valence-electron chi connectivity index (χ0n) is 10.9. The number of nitrogens with two attached hydrogens (primary N) is 1. The third kappa shape index (κ3) is 3.81. The highest BCUT2D eigenvalue weighted by Crippen LogP contribution is 2.17. The van der Waals surface area contributed by atoms with Gasteiger partial charge >= 0.3 is 0 Å². The molecule has 1 aromatic heterocycles. The van der Waals surface area contributed by atoms with E-state index in [9.17, 15) is 8.42 Å². The first-order valence-corrected chi connectivity index (χ1v) is 7.18. The normalized spacial score (nSPS) is 12.6. The molecule has 0 saturated heterocycles. The van der Waals surface area contributed by atoms with E-state index in [1.165, 1.54) is 17.4 Å². The quantitative estimate of drug-likeness (QED) is 0.795. The van der Waals surface area contributed by atoms with Crippen molar-refractivity contribution < 1.29 is 17.6 Å². The molecule has 7 heteroatoms. The molecule has 0 bridgehead atoms. The molecule has 6 nitrogen and oxygen atoms in total. The predicted octanol–water partition coefficient (Wildman–Crippen LogP) is 0.784. The molecule has 104 valence electrons. The average Bonchev–Trinajstić information content (AvgIpc) is 2.77. The van der Waals surface area contributed by atoms with Crippen molar-refractivity contribution in [1.29, 1.82) is 0 Å². The maximum absolute atomic E-state index is 12.1. The second-order valence-electron chi connectivity index (χ2n) is 4.17. The Morgan fingerprint density at radius 2 is 2.11 bits per heavy atom. The van der Waals surface area contributed by atoms with Gasteiger partial charge in [0.15, 0.2) is 0 Å². The summed E-state index contributed by atoms with van der Waals surface area (Å²) < 4.78 is 35.8. The molecule has 2 N–H and O–H groups in total. The van der Waals surface area contributed by atoms with Gasteiger partial charge in [-0.1, -0.05) is 0 Å². The van der Waals surface area contributed by atoms with Crippen LogP contribution in [-0.2, 0) is 21.3 Å². The van der Waals surface area contributed by atoms with E-state index in [0.717, 1.165) is 0 Å². The maximum atomic E-state index is 12.1. The Labute approximate surface area is 108 Å². The SMILES string of the molecule is CC(C)OCCN(C)S(=O)(=O)c1ccc(CN)o1. The van der Waals surface area contributed by atoms with Crippen molar-refractivity contribution in [2.75, 3.05) is 20.2 Å². The molecule has 0 aliphatic heterocycles. The molecule has 0 spiro atoms. The van der Waals surface area contributed by atoms with Crippen LogP contribution in [0.15, 0.2) is 21.6 Å². The van der Waals surface area contributed by atoms with E-state index >= 15 is 0 Å². The van der Waals surface area contributed by atoms with Gasteiger partial charge in [0.1, 0.15) is 5.76 Å². The molecule has 0 fully saturated rings. The van der Waals surface area contributed by atoms with Crippen LogP contribution in [0.2, 0.25) is 0 Å². The molecule has 18 heavy (non-hydrogen) atoms. The van der Waals surface area contributed by atoms with Crippen molar-refractivity contribution >= 4 is 10.0 Å². The molecule has 0 atom stereocenters. The van der Waals surface area contributed by atoms with E-state index in [4.69, 9.17) is 14.9 Å². The van der Waals surface area contributed by atoms with Gasteiger partial charge < -0.3 is 14.9 Å². The minimum absolute atomic E-state index is 0.0774. The largest absolute Gasteiger partial charge is 0.447 e. The van der Waals surface area contributed by atoms with Gasteiger partial charge in [0.05, 0.1) is 19.3 Å². The zero-order chi connectivity index (χ0) is 13.8. The molecule has 0 aliphatic rings. The van der Waals surface area contributed by atoms with Crippen LogP contribution < -0.4 is 5.73 Å². The van der Waals surface area contributed by atoms with Crippen LogP contribution in [0, 0.1) is 0 Å². The predicted molar refractivity (Wildman–Crippen MR) is 67.5 cm³/mol. The Morgan fingerprint density at radius 1 is 1.44 bits per heavy atom. The first kappa shape index (κ1) is 15.2. The molecular weight excluding hydrogens is 256 g/mol. The van der Waals surface area contributed by atoms with Gasteiger partial charge in [-0.05, 0) is 26.0 Å². The van der Waals surface area contributed by atoms with Gasteiger partial charge in [0.2, 0.25) is 5.09 Å². The highest BCUT2D eigenvalue weighted by molar-refractivity contribution is 7.89. The third-order valence-corrected chi connectivity index (χ3v) is 4.09. The van der Waals surface area contributed by atoms with Crippen LogP contribution in [0.4, 0.5) is 0 Å². The van der Waals surface area contributed by atoms with E-state index in [1.807, 2.05) is 13.8 Å². The summed E-state index contributed by atoms with van der Waals surface area (Å²) >= 11 is 0. The number of nitrogens with zero attached hydrogens (tertiary/aromatic N) is 1. The summed E-state index contributed by atoms with van der Waals surface area (Å²) in [5.74, 6) is 0.445. The smallest absolute Gasteiger partial charge is 0.276 e. The van der Waals surface area contributed by atoms with Crippen LogP contribution in [0.25, 0.3) is 0 Å². The first-order chi connectivity index (χ1) is 8.37. The minimum Gasteiger partial charge on any atom is -0.447 e. The Morgan fingerprint density at radius 3 is 2.61 bits per heavy atom. The summed E-state index contributed by atoms with van der Waals surface area (Å²) in [7, 11) is -2.11. The lowest BCUT2D eigenvalue weighted by molar-refractivity contribution is 0.0735. The van der Waals surface area contributed by atoms with Crippen LogP contribution in [0.5, 0.6) is 0 Å². The Hall–Kier alpha value is -0.890. The lowest BCUT2D eigenvalue weighted by Gasteiger charge is -2.16. The maximum Gasteiger partial charge on any atom is 0.276 e. The van der Waals surface area contributed by atoms with E-state index in [0.29, 0.717) is 12.4 Å². The standard InChI is InChI=1S/C11H20N2O4S/c1-9(2)16-7-6-13(3)18(14,15)11-5-4-10(8-12)17-11/h4-5,9H,6-8,12H2,1-3H3. The lowest BCUT2D eigenvalue weighted by atomic mass is 10.5. The first-order valence-electron chi connectivity index (χ1n) is 5.74. The Balaban J connectivity index is 2.67. The van der Waals surface area contributed by atoms with Crippen molar-refractivity contribution in [3.05, 3.63) is 17.9 Å². The number of hydrogen-bond acceptors (Lipinski definition) is 5. The molecule has 0 amide bonds. The summed E-state index contributed by atoms with van der Waals surface area (Å²) in [5, 5.41) is -0.0880. The average molecular weight is 276 g/mol. The highest BCUT2D eigenvalue weighted by Gasteiger charge is 2.24. The number of furan rings is 1. The zero-order valence-corrected chi connectivity index (χ0v) is 11.7. The molecule has 0 saturated carbocycles. The minimum atomic E-state index is -3.60. The van der Waals surface area contributed by atoms with E-state index in [1.54, 1.807) is 6.07 Å². The Kier molecular flexibility index (Phi) is 5.33. The summed E-state index contributed by atoms with van der Waals surface area (Å²) in [4.78, 5) is 0. The van der Waals surface area contributed by atoms with Crippen LogP contribution >= 0.6 is 0 Å². The summed E-state index contributed by atoms with van der Waals surface area (Å²) in [6, 6.07) is 2.97. The van der Waals surface area contributed by atoms with Gasteiger partial charge in [0.25, 0.3) is 10.0 Å². The Bertz CT molecular complexity index is 467. The molecule has 0 aromatic carbocycles. The van der Waals surface area contributed by atoms with Gasteiger partial charge in [-0.25, -0.2) is 8.42 Å². The van der Waals surface area contributed by atoms with Crippen molar-refractivity contribution in [3.8, 4) is 0 Å². The summed E-state index contributed by atoms with van der Waals surface area (Å²) in [6.45, 7) is 4.59. The summed E-state index contributed by atoms with van der Waals surface area (Å²) in [6.07, 6.45) is 0.0774. The second kappa shape index (κ2) is 6.33. The van der Waals surface area contributed by atoms with Crippen molar-refractivity contribution in [1.82, 2.24) is 4.31 Å². The fourth-order valence-electron chi connectivity index (χ4n) is 1.30. The van der Waals surface area contributed by atoms with Crippen molar-refractivity contribution in [2.24, 2.45) is 5.73 Å². The van der Waals surface area contributed by atoms with Gasteiger partial charge in [0, 0.05) is 13.6 Å². The number of sulfonamides is 1. The fraction of sp³-hybridized carbons (Fsp3) is 0.636. The van der Waals surface area contributed by atoms with Crippen molar-refractivity contribution in [3.63, 3.8) is 0 Å². The number of rotatable bonds is 7. The van der Waals surface area contributed by atoms with Gasteiger partial charge in [-0.15, -0.1) is 0 Å². The van der Waals surface area contributed by atoms with Crippen LogP contribution in [0.3, 0.4) is 0 Å². The van der Waals surface area contributed by atoms with Crippen LogP contribution in [0.1, 0.15) is 19.6 Å². The molecule has 0 radical (unpaired) electrons. The highest BCUT2D eigenvalue weighted by atomic mass is 32.2. The third-order valence-electron chi connectivity index (χ3n) is 2.36. The second-order valence-corrected chi connectivity index (χ2v) is 6.15. The monoisotopic (exact) mass is 276 g/mol. The van der Waals surface area contributed by atoms with Crippen LogP contribution in [-0.4, -0.2) is 39.0 Å². The molecule has 1 rings (SSSR count). The van der Waals surface area contributed by atoms with E-state index in [-0.39, 0.29) is 24.3 Å². The lowest BCUT2D eigenvalue weighted by Crippen LogP contribution is -2.30. The molecule has 0 unspecified atom stereocenters. The van der Waals surface area contributed by atoms with Gasteiger partial charge in [-0.2, -0.15) is 4.31 Å². The molecular formula is C11H20N2O4S. The molecule has 1 aromatic rings. The van der Waals surface area contributed by atoms with E-state index in [2.05, 4.69) is 0 Å². The number of hydrogen-bond donors (Lipinski definition) is 1.